The van der Waals surface area contributed by atoms with Crippen LogP contribution in [-0.2, 0) is 6.42 Å². The normalized spacial score (nSPS) is 12.4. The van der Waals surface area contributed by atoms with Gasteiger partial charge in [-0.3, -0.25) is 4.98 Å². The molecule has 1 heterocycles. The van der Waals surface area contributed by atoms with Crippen molar-refractivity contribution in [2.75, 3.05) is 7.05 Å². The predicted octanol–water partition coefficient (Wildman–Crippen LogP) is 3.61. The quantitative estimate of drug-likeness (QED) is 0.909. The van der Waals surface area contributed by atoms with Gasteiger partial charge in [-0.15, -0.1) is 0 Å². The molecule has 18 heavy (non-hydrogen) atoms. The molecule has 2 aromatic rings. The van der Waals surface area contributed by atoms with Crippen molar-refractivity contribution in [1.29, 1.82) is 0 Å². The molecule has 2 nitrogen and oxygen atoms in total. The third-order valence-electron chi connectivity index (χ3n) is 3.08. The van der Waals surface area contributed by atoms with Crippen LogP contribution in [0.25, 0.3) is 0 Å². The molecule has 0 saturated carbocycles. The van der Waals surface area contributed by atoms with Gasteiger partial charge in [-0.2, -0.15) is 0 Å². The molecule has 0 amide bonds. The molecule has 1 aromatic carbocycles. The van der Waals surface area contributed by atoms with E-state index in [4.69, 9.17) is 11.6 Å². The first-order valence-electron chi connectivity index (χ1n) is 6.06. The van der Waals surface area contributed by atoms with Crippen molar-refractivity contribution in [3.05, 3.63) is 64.4 Å². The summed E-state index contributed by atoms with van der Waals surface area (Å²) >= 11 is 6.31. The smallest absolute Gasteiger partial charge is 0.0456 e. The maximum absolute atomic E-state index is 6.31. The molecule has 3 heteroatoms. The molecule has 0 aliphatic rings. The van der Waals surface area contributed by atoms with Gasteiger partial charge >= 0.3 is 0 Å². The highest BCUT2D eigenvalue weighted by Crippen LogP contribution is 2.24. The lowest BCUT2D eigenvalue weighted by atomic mass is 10.0. The van der Waals surface area contributed by atoms with E-state index >= 15 is 0 Å². The molecule has 0 bridgehead atoms. The summed E-state index contributed by atoms with van der Waals surface area (Å²) in [5, 5.41) is 4.00. The molecular formula is C15H17ClN2. The van der Waals surface area contributed by atoms with Gasteiger partial charge in [-0.1, -0.05) is 29.8 Å². The van der Waals surface area contributed by atoms with Gasteiger partial charge in [0.15, 0.2) is 0 Å². The Labute approximate surface area is 113 Å². The molecule has 94 valence electrons. The zero-order valence-corrected chi connectivity index (χ0v) is 11.4. The molecule has 2 rings (SSSR count). The Balaban J connectivity index is 2.19. The predicted molar refractivity (Wildman–Crippen MR) is 76.0 cm³/mol. The van der Waals surface area contributed by atoms with Crippen LogP contribution >= 0.6 is 11.6 Å². The number of nitrogens with one attached hydrogen (secondary N) is 1. The Morgan fingerprint density at radius 3 is 2.72 bits per heavy atom. The third kappa shape index (κ3) is 3.09. The van der Waals surface area contributed by atoms with Crippen LogP contribution in [0.15, 0.2) is 42.6 Å². The second-order valence-corrected chi connectivity index (χ2v) is 4.77. The van der Waals surface area contributed by atoms with Crippen LogP contribution in [0.3, 0.4) is 0 Å². The molecule has 1 aromatic heterocycles. The molecular weight excluding hydrogens is 244 g/mol. The Morgan fingerprint density at radius 1 is 1.28 bits per heavy atom. The number of pyridine rings is 1. The number of rotatable bonds is 4. The first kappa shape index (κ1) is 13.1. The monoisotopic (exact) mass is 260 g/mol. The fourth-order valence-corrected chi connectivity index (χ4v) is 2.27. The van der Waals surface area contributed by atoms with E-state index in [9.17, 15) is 0 Å². The van der Waals surface area contributed by atoms with E-state index in [0.29, 0.717) is 0 Å². The summed E-state index contributed by atoms with van der Waals surface area (Å²) in [5.74, 6) is 0. The van der Waals surface area contributed by atoms with E-state index in [1.165, 1.54) is 5.56 Å². The SMILES string of the molecule is CNC(C)c1ccc(Cc2ccccn2)cc1Cl. The minimum atomic E-state index is 0.265. The van der Waals surface area contributed by atoms with Crippen molar-refractivity contribution >= 4 is 11.6 Å². The highest BCUT2D eigenvalue weighted by Gasteiger charge is 2.08. The molecule has 1 atom stereocenters. The van der Waals surface area contributed by atoms with Crippen molar-refractivity contribution in [2.45, 2.75) is 19.4 Å². The maximum Gasteiger partial charge on any atom is 0.0456 e. The summed E-state index contributed by atoms with van der Waals surface area (Å²) in [6.45, 7) is 2.10. The maximum atomic E-state index is 6.31. The average molecular weight is 261 g/mol. The van der Waals surface area contributed by atoms with Crippen LogP contribution < -0.4 is 5.32 Å². The van der Waals surface area contributed by atoms with Crippen LogP contribution in [0.2, 0.25) is 5.02 Å². The number of halogens is 1. The standard InChI is InChI=1S/C15H17ClN2/c1-11(17-2)14-7-6-12(10-15(14)16)9-13-5-3-4-8-18-13/h3-8,10-11,17H,9H2,1-2H3. The summed E-state index contributed by atoms with van der Waals surface area (Å²) in [7, 11) is 1.93. The number of benzene rings is 1. The Morgan fingerprint density at radius 2 is 2.11 bits per heavy atom. The fraction of sp³-hybridized carbons (Fsp3) is 0.267. The largest absolute Gasteiger partial charge is 0.313 e. The van der Waals surface area contributed by atoms with Gasteiger partial charge in [0.05, 0.1) is 0 Å². The van der Waals surface area contributed by atoms with Gasteiger partial charge in [0.2, 0.25) is 0 Å². The summed E-state index contributed by atoms with van der Waals surface area (Å²) in [6.07, 6.45) is 2.63. The minimum Gasteiger partial charge on any atom is -0.313 e. The third-order valence-corrected chi connectivity index (χ3v) is 3.40. The topological polar surface area (TPSA) is 24.9 Å². The van der Waals surface area contributed by atoms with Crippen molar-refractivity contribution in [3.8, 4) is 0 Å². The van der Waals surface area contributed by atoms with Crippen molar-refractivity contribution in [1.82, 2.24) is 10.3 Å². The lowest BCUT2D eigenvalue weighted by Crippen LogP contribution is -2.12. The fourth-order valence-electron chi connectivity index (χ4n) is 1.90. The van der Waals surface area contributed by atoms with Crippen LogP contribution in [0.5, 0.6) is 0 Å². The molecule has 1 unspecified atom stereocenters. The van der Waals surface area contributed by atoms with E-state index in [-0.39, 0.29) is 6.04 Å². The van der Waals surface area contributed by atoms with Crippen molar-refractivity contribution in [2.24, 2.45) is 0 Å². The van der Waals surface area contributed by atoms with E-state index in [2.05, 4.69) is 29.4 Å². The van der Waals surface area contributed by atoms with Gasteiger partial charge in [0.1, 0.15) is 0 Å². The Kier molecular flexibility index (Phi) is 4.34. The highest BCUT2D eigenvalue weighted by molar-refractivity contribution is 6.31. The van der Waals surface area contributed by atoms with Gasteiger partial charge in [-0.05, 0) is 43.3 Å². The van der Waals surface area contributed by atoms with Crippen LogP contribution in [0.1, 0.15) is 29.8 Å². The average Bonchev–Trinajstić information content (AvgIpc) is 2.39. The number of hydrogen-bond acceptors (Lipinski definition) is 2. The van der Waals surface area contributed by atoms with E-state index in [1.807, 2.05) is 37.5 Å². The number of hydrogen-bond donors (Lipinski definition) is 1. The minimum absolute atomic E-state index is 0.265. The summed E-state index contributed by atoms with van der Waals surface area (Å²) < 4.78 is 0. The van der Waals surface area contributed by atoms with Crippen LogP contribution in [0, 0.1) is 0 Å². The van der Waals surface area contributed by atoms with Crippen molar-refractivity contribution in [3.63, 3.8) is 0 Å². The molecule has 0 saturated heterocycles. The lowest BCUT2D eigenvalue weighted by Gasteiger charge is -2.13. The zero-order chi connectivity index (χ0) is 13.0. The molecule has 1 N–H and O–H groups in total. The van der Waals surface area contributed by atoms with Crippen LogP contribution in [-0.4, -0.2) is 12.0 Å². The Hall–Kier alpha value is -1.38. The first-order chi connectivity index (χ1) is 8.70. The number of aromatic nitrogens is 1. The first-order valence-corrected chi connectivity index (χ1v) is 6.44. The lowest BCUT2D eigenvalue weighted by molar-refractivity contribution is 0.652. The second kappa shape index (κ2) is 5.98. The Bertz CT molecular complexity index is 511. The van der Waals surface area contributed by atoms with E-state index in [1.54, 1.807) is 0 Å². The van der Waals surface area contributed by atoms with Crippen molar-refractivity contribution < 1.29 is 0 Å². The zero-order valence-electron chi connectivity index (χ0n) is 10.7. The molecule has 0 fully saturated rings. The van der Waals surface area contributed by atoms with Crippen LogP contribution in [0.4, 0.5) is 0 Å². The molecule has 0 aliphatic heterocycles. The summed E-state index contributed by atoms with van der Waals surface area (Å²) in [5.41, 5.74) is 3.37. The van der Waals surface area contributed by atoms with Gasteiger partial charge in [0, 0.05) is 29.4 Å². The van der Waals surface area contributed by atoms with Gasteiger partial charge in [0.25, 0.3) is 0 Å². The molecule has 0 radical (unpaired) electrons. The van der Waals surface area contributed by atoms with E-state index < -0.39 is 0 Å². The van der Waals surface area contributed by atoms with E-state index in [0.717, 1.165) is 22.7 Å². The van der Waals surface area contributed by atoms with Gasteiger partial charge < -0.3 is 5.32 Å². The molecule has 0 aliphatic carbocycles. The summed E-state index contributed by atoms with van der Waals surface area (Å²) in [6, 6.07) is 12.4. The van der Waals surface area contributed by atoms with Gasteiger partial charge in [-0.25, -0.2) is 0 Å². The number of nitrogens with zero attached hydrogens (tertiary/aromatic N) is 1. The molecule has 0 spiro atoms. The highest BCUT2D eigenvalue weighted by atomic mass is 35.5. The summed E-state index contributed by atoms with van der Waals surface area (Å²) in [4.78, 5) is 4.32. The second-order valence-electron chi connectivity index (χ2n) is 4.36.